The highest BCUT2D eigenvalue weighted by Crippen LogP contribution is 2.22. The van der Waals surface area contributed by atoms with Gasteiger partial charge in [0, 0.05) is 31.4 Å². The molecule has 1 saturated heterocycles. The number of rotatable bonds is 4. The first kappa shape index (κ1) is 13.6. The summed E-state index contributed by atoms with van der Waals surface area (Å²) in [5.41, 5.74) is 1.99. The minimum absolute atomic E-state index is 0.116. The fourth-order valence-corrected chi connectivity index (χ4v) is 2.49. The molecule has 1 amide bonds. The van der Waals surface area contributed by atoms with Crippen LogP contribution in [0.5, 0.6) is 0 Å². The van der Waals surface area contributed by atoms with Gasteiger partial charge in [-0.3, -0.25) is 4.79 Å². The van der Waals surface area contributed by atoms with E-state index in [9.17, 15) is 4.79 Å². The molecule has 0 bridgehead atoms. The van der Waals surface area contributed by atoms with E-state index in [0.717, 1.165) is 18.8 Å². The Morgan fingerprint density at radius 1 is 1.29 bits per heavy atom. The minimum Gasteiger partial charge on any atom is -0.372 e. The zero-order valence-electron chi connectivity index (χ0n) is 12.0. The summed E-state index contributed by atoms with van der Waals surface area (Å²) >= 11 is 0. The van der Waals surface area contributed by atoms with Crippen molar-refractivity contribution in [1.82, 2.24) is 10.1 Å². The van der Waals surface area contributed by atoms with E-state index in [2.05, 4.69) is 20.4 Å². The molecule has 0 unspecified atom stereocenters. The number of carbonyl (C=O) groups is 1. The predicted octanol–water partition coefficient (Wildman–Crippen LogP) is 2.16. The molecule has 1 aliphatic heterocycles. The zero-order chi connectivity index (χ0) is 14.7. The van der Waals surface area contributed by atoms with Crippen molar-refractivity contribution in [3.05, 3.63) is 36.0 Å². The number of carbonyl (C=O) groups excluding carboxylic acids is 1. The van der Waals surface area contributed by atoms with Crippen molar-refractivity contribution < 1.29 is 9.32 Å². The lowest BCUT2D eigenvalue weighted by atomic mass is 10.2. The summed E-state index contributed by atoms with van der Waals surface area (Å²) in [4.78, 5) is 18.3. The molecular weight excluding hydrogens is 268 g/mol. The maximum Gasteiger partial charge on any atom is 0.232 e. The van der Waals surface area contributed by atoms with E-state index in [4.69, 9.17) is 4.52 Å². The molecule has 2 aromatic rings. The third kappa shape index (κ3) is 3.39. The Morgan fingerprint density at radius 3 is 2.62 bits per heavy atom. The van der Waals surface area contributed by atoms with Crippen LogP contribution >= 0.6 is 0 Å². The van der Waals surface area contributed by atoms with Crippen molar-refractivity contribution in [3.63, 3.8) is 0 Å². The van der Waals surface area contributed by atoms with Gasteiger partial charge in [-0.25, -0.2) is 0 Å². The Balaban J connectivity index is 1.58. The first-order valence-corrected chi connectivity index (χ1v) is 7.15. The number of nitrogens with zero attached hydrogens (tertiary/aromatic N) is 3. The molecule has 1 N–H and O–H groups in total. The topological polar surface area (TPSA) is 71.3 Å². The van der Waals surface area contributed by atoms with Gasteiger partial charge in [0.15, 0.2) is 5.82 Å². The van der Waals surface area contributed by atoms with Crippen LogP contribution in [-0.2, 0) is 11.2 Å². The highest BCUT2D eigenvalue weighted by Gasteiger charge is 2.13. The number of amides is 1. The number of aromatic nitrogens is 2. The van der Waals surface area contributed by atoms with Gasteiger partial charge in [-0.15, -0.1) is 0 Å². The summed E-state index contributed by atoms with van der Waals surface area (Å²) < 4.78 is 4.84. The molecule has 1 aromatic heterocycles. The monoisotopic (exact) mass is 286 g/mol. The Morgan fingerprint density at radius 2 is 2.00 bits per heavy atom. The van der Waals surface area contributed by atoms with E-state index in [-0.39, 0.29) is 12.3 Å². The minimum atomic E-state index is -0.148. The van der Waals surface area contributed by atoms with Gasteiger partial charge in [0.05, 0.1) is 6.42 Å². The number of aryl methyl sites for hydroxylation is 1. The molecule has 0 aliphatic carbocycles. The lowest BCUT2D eigenvalue weighted by Gasteiger charge is -2.17. The molecule has 3 rings (SSSR count). The third-order valence-electron chi connectivity index (χ3n) is 3.51. The highest BCUT2D eigenvalue weighted by molar-refractivity contribution is 5.91. The van der Waals surface area contributed by atoms with Crippen LogP contribution in [0.1, 0.15) is 24.6 Å². The number of hydrogen-bond donors (Lipinski definition) is 1. The molecule has 2 heterocycles. The van der Waals surface area contributed by atoms with Crippen LogP contribution in [0.15, 0.2) is 28.8 Å². The molecule has 0 atom stereocenters. The SMILES string of the molecule is Cc1nc(CC(=O)Nc2ccc(N3CCCC3)cc2)no1. The number of hydrogen-bond acceptors (Lipinski definition) is 5. The second kappa shape index (κ2) is 5.95. The van der Waals surface area contributed by atoms with E-state index in [1.54, 1.807) is 6.92 Å². The molecule has 6 nitrogen and oxygen atoms in total. The number of nitrogens with one attached hydrogen (secondary N) is 1. The van der Waals surface area contributed by atoms with Crippen molar-refractivity contribution >= 4 is 17.3 Å². The molecule has 0 spiro atoms. The van der Waals surface area contributed by atoms with Crippen molar-refractivity contribution in [2.24, 2.45) is 0 Å². The summed E-state index contributed by atoms with van der Waals surface area (Å²) in [7, 11) is 0. The van der Waals surface area contributed by atoms with E-state index in [0.29, 0.717) is 11.7 Å². The summed E-state index contributed by atoms with van der Waals surface area (Å²) in [6.07, 6.45) is 2.62. The van der Waals surface area contributed by atoms with E-state index < -0.39 is 0 Å². The van der Waals surface area contributed by atoms with Gasteiger partial charge < -0.3 is 14.7 Å². The van der Waals surface area contributed by atoms with Crippen molar-refractivity contribution in [2.75, 3.05) is 23.3 Å². The van der Waals surface area contributed by atoms with Crippen LogP contribution in [0.3, 0.4) is 0 Å². The Labute approximate surface area is 123 Å². The summed E-state index contributed by atoms with van der Waals surface area (Å²) in [5.74, 6) is 0.719. The summed E-state index contributed by atoms with van der Waals surface area (Å²) in [6.45, 7) is 3.93. The van der Waals surface area contributed by atoms with Crippen LogP contribution < -0.4 is 10.2 Å². The Hall–Kier alpha value is -2.37. The van der Waals surface area contributed by atoms with Gasteiger partial charge >= 0.3 is 0 Å². The zero-order valence-corrected chi connectivity index (χ0v) is 12.0. The maximum absolute atomic E-state index is 11.9. The Bertz CT molecular complexity index is 615. The second-order valence-corrected chi connectivity index (χ2v) is 5.20. The van der Waals surface area contributed by atoms with Crippen LogP contribution in [0.4, 0.5) is 11.4 Å². The molecule has 21 heavy (non-hydrogen) atoms. The number of anilines is 2. The molecule has 1 aromatic carbocycles. The normalized spacial score (nSPS) is 14.4. The van der Waals surface area contributed by atoms with Gasteiger partial charge in [0.1, 0.15) is 0 Å². The second-order valence-electron chi connectivity index (χ2n) is 5.20. The fraction of sp³-hybridized carbons (Fsp3) is 0.400. The molecule has 1 aliphatic rings. The summed E-state index contributed by atoms with van der Waals surface area (Å²) in [6, 6.07) is 7.93. The lowest BCUT2D eigenvalue weighted by molar-refractivity contribution is -0.115. The fourth-order valence-electron chi connectivity index (χ4n) is 2.49. The Kier molecular flexibility index (Phi) is 3.85. The van der Waals surface area contributed by atoms with Gasteiger partial charge in [-0.05, 0) is 37.1 Å². The maximum atomic E-state index is 11.9. The summed E-state index contributed by atoms with van der Waals surface area (Å²) in [5, 5.41) is 6.55. The van der Waals surface area contributed by atoms with Gasteiger partial charge in [0.2, 0.25) is 11.8 Å². The van der Waals surface area contributed by atoms with Crippen molar-refractivity contribution in [1.29, 1.82) is 0 Å². The molecular formula is C15H18N4O2. The molecule has 110 valence electrons. The highest BCUT2D eigenvalue weighted by atomic mass is 16.5. The van der Waals surface area contributed by atoms with E-state index >= 15 is 0 Å². The smallest absolute Gasteiger partial charge is 0.232 e. The molecule has 6 heteroatoms. The van der Waals surface area contributed by atoms with E-state index in [1.807, 2.05) is 24.3 Å². The van der Waals surface area contributed by atoms with Gasteiger partial charge in [-0.2, -0.15) is 4.98 Å². The van der Waals surface area contributed by atoms with Crippen molar-refractivity contribution in [3.8, 4) is 0 Å². The van der Waals surface area contributed by atoms with Crippen LogP contribution in [0, 0.1) is 6.92 Å². The van der Waals surface area contributed by atoms with Crippen LogP contribution in [0.25, 0.3) is 0 Å². The molecule has 0 radical (unpaired) electrons. The first-order valence-electron chi connectivity index (χ1n) is 7.15. The van der Waals surface area contributed by atoms with Gasteiger partial charge in [-0.1, -0.05) is 5.16 Å². The van der Waals surface area contributed by atoms with E-state index in [1.165, 1.54) is 18.5 Å². The van der Waals surface area contributed by atoms with Crippen LogP contribution in [0.2, 0.25) is 0 Å². The average molecular weight is 286 g/mol. The largest absolute Gasteiger partial charge is 0.372 e. The average Bonchev–Trinajstić information content (AvgIpc) is 3.11. The number of benzene rings is 1. The first-order chi connectivity index (χ1) is 10.2. The standard InChI is InChI=1S/C15H18N4O2/c1-11-16-14(18-21-11)10-15(20)17-12-4-6-13(7-5-12)19-8-2-3-9-19/h4-7H,2-3,8-10H2,1H3,(H,17,20). The quantitative estimate of drug-likeness (QED) is 0.932. The lowest BCUT2D eigenvalue weighted by Crippen LogP contribution is -2.18. The van der Waals surface area contributed by atoms with Crippen molar-refractivity contribution in [2.45, 2.75) is 26.2 Å². The molecule has 0 saturated carbocycles. The molecule has 1 fully saturated rings. The van der Waals surface area contributed by atoms with Gasteiger partial charge in [0.25, 0.3) is 0 Å². The predicted molar refractivity (Wildman–Crippen MR) is 79.3 cm³/mol. The third-order valence-corrected chi connectivity index (χ3v) is 3.51. The van der Waals surface area contributed by atoms with Crippen LogP contribution in [-0.4, -0.2) is 29.1 Å².